The van der Waals surface area contributed by atoms with Crippen molar-refractivity contribution in [3.05, 3.63) is 47.0 Å². The highest BCUT2D eigenvalue weighted by atomic mass is 16.7. The highest BCUT2D eigenvalue weighted by Gasteiger charge is 2.47. The predicted octanol–water partition coefficient (Wildman–Crippen LogP) is 3.87. The molecule has 182 valence electrons. The molecule has 2 aliphatic rings. The van der Waals surface area contributed by atoms with Crippen LogP contribution in [-0.2, 0) is 25.5 Å². The van der Waals surface area contributed by atoms with Gasteiger partial charge in [-0.3, -0.25) is 9.59 Å². The Hall–Kier alpha value is -3.10. The number of fused-ring (bicyclic) bond motifs is 2. The van der Waals surface area contributed by atoms with Crippen LogP contribution in [0.1, 0.15) is 43.4 Å². The van der Waals surface area contributed by atoms with E-state index >= 15 is 0 Å². The van der Waals surface area contributed by atoms with Crippen molar-refractivity contribution in [2.24, 2.45) is 11.8 Å². The second-order valence-electron chi connectivity index (χ2n) is 8.47. The Labute approximate surface area is 199 Å². The highest BCUT2D eigenvalue weighted by molar-refractivity contribution is 5.71. The van der Waals surface area contributed by atoms with Crippen molar-refractivity contribution in [1.82, 2.24) is 0 Å². The summed E-state index contributed by atoms with van der Waals surface area (Å²) in [5.74, 6) is 1.05. The van der Waals surface area contributed by atoms with Crippen LogP contribution < -0.4 is 18.9 Å². The Kier molecular flexibility index (Phi) is 7.09. The Balaban J connectivity index is 1.85. The smallest absolute Gasteiger partial charge is 0.308 e. The fraction of sp³-hybridized carbons (Fsp3) is 0.462. The quantitative estimate of drug-likeness (QED) is 0.445. The molecule has 0 unspecified atom stereocenters. The van der Waals surface area contributed by atoms with E-state index < -0.39 is 11.9 Å². The predicted molar refractivity (Wildman–Crippen MR) is 122 cm³/mol. The molecule has 34 heavy (non-hydrogen) atoms. The van der Waals surface area contributed by atoms with E-state index in [1.807, 2.05) is 31.2 Å². The summed E-state index contributed by atoms with van der Waals surface area (Å²) in [6.45, 7) is 5.76. The van der Waals surface area contributed by atoms with Gasteiger partial charge in [-0.05, 0) is 54.3 Å². The number of rotatable bonds is 7. The third-order valence-electron chi connectivity index (χ3n) is 6.38. The van der Waals surface area contributed by atoms with Gasteiger partial charge in [0.25, 0.3) is 0 Å². The van der Waals surface area contributed by atoms with Gasteiger partial charge < -0.3 is 28.4 Å². The van der Waals surface area contributed by atoms with Gasteiger partial charge in [0.2, 0.25) is 0 Å². The molecule has 0 aromatic heterocycles. The van der Waals surface area contributed by atoms with Gasteiger partial charge in [0.1, 0.15) is 0 Å². The van der Waals surface area contributed by atoms with Crippen molar-refractivity contribution >= 4 is 11.9 Å². The van der Waals surface area contributed by atoms with Crippen molar-refractivity contribution in [1.29, 1.82) is 0 Å². The summed E-state index contributed by atoms with van der Waals surface area (Å²) in [6, 6.07) is 9.38. The zero-order valence-electron chi connectivity index (χ0n) is 20.1. The zero-order chi connectivity index (χ0) is 24.4. The first kappa shape index (κ1) is 24.0. The van der Waals surface area contributed by atoms with Gasteiger partial charge >= 0.3 is 11.9 Å². The monoisotopic (exact) mass is 470 g/mol. The van der Waals surface area contributed by atoms with Gasteiger partial charge in [-0.2, -0.15) is 0 Å². The summed E-state index contributed by atoms with van der Waals surface area (Å²) in [4.78, 5) is 23.2. The number of benzene rings is 2. The van der Waals surface area contributed by atoms with Gasteiger partial charge in [-0.15, -0.1) is 0 Å². The lowest BCUT2D eigenvalue weighted by atomic mass is 9.67. The molecule has 1 fully saturated rings. The SMILES string of the molecule is CCO[C@H]1OC[C@@H]2[C@@H](c3ccc(OC(C)=O)c(OC)c3)c3cc(OC(C)=O)c(OC)cc3C[C@H]12. The molecule has 0 amide bonds. The van der Waals surface area contributed by atoms with E-state index in [2.05, 4.69) is 0 Å². The van der Waals surface area contributed by atoms with Crippen LogP contribution in [0, 0.1) is 11.8 Å². The fourth-order valence-corrected chi connectivity index (χ4v) is 5.09. The van der Waals surface area contributed by atoms with Gasteiger partial charge in [-0.1, -0.05) is 6.07 Å². The molecule has 2 aromatic carbocycles. The molecule has 8 heteroatoms. The maximum Gasteiger partial charge on any atom is 0.308 e. The van der Waals surface area contributed by atoms with Crippen molar-refractivity contribution in [3.8, 4) is 23.0 Å². The lowest BCUT2D eigenvalue weighted by Gasteiger charge is -2.37. The first-order chi connectivity index (χ1) is 16.4. The molecule has 0 N–H and O–H groups in total. The summed E-state index contributed by atoms with van der Waals surface area (Å²) in [5, 5.41) is 0. The highest BCUT2D eigenvalue weighted by Crippen LogP contribution is 2.51. The lowest BCUT2D eigenvalue weighted by Crippen LogP contribution is -2.34. The normalized spacial score (nSPS) is 23.0. The molecule has 0 radical (unpaired) electrons. The number of methoxy groups -OCH3 is 2. The third kappa shape index (κ3) is 4.60. The Morgan fingerprint density at radius 1 is 0.912 bits per heavy atom. The van der Waals surface area contributed by atoms with Crippen molar-refractivity contribution in [2.45, 2.75) is 39.4 Å². The molecule has 1 aliphatic heterocycles. The molecular formula is C26H30O8. The topological polar surface area (TPSA) is 89.5 Å². The summed E-state index contributed by atoms with van der Waals surface area (Å²) in [6.07, 6.45) is 0.451. The second kappa shape index (κ2) is 10.0. The average Bonchev–Trinajstić information content (AvgIpc) is 3.19. The van der Waals surface area contributed by atoms with E-state index in [1.165, 1.54) is 21.0 Å². The molecule has 4 rings (SSSR count). The van der Waals surface area contributed by atoms with Crippen LogP contribution in [-0.4, -0.2) is 45.7 Å². The fourth-order valence-electron chi connectivity index (χ4n) is 5.09. The minimum atomic E-state index is -0.420. The molecule has 1 saturated heterocycles. The van der Waals surface area contributed by atoms with E-state index in [4.69, 9.17) is 28.4 Å². The van der Waals surface area contributed by atoms with Gasteiger partial charge in [-0.25, -0.2) is 0 Å². The molecule has 1 heterocycles. The number of carbonyl (C=O) groups excluding carboxylic acids is 2. The average molecular weight is 471 g/mol. The second-order valence-corrected chi connectivity index (χ2v) is 8.47. The van der Waals surface area contributed by atoms with Crippen LogP contribution in [0.2, 0.25) is 0 Å². The number of hydrogen-bond donors (Lipinski definition) is 0. The number of esters is 2. The van der Waals surface area contributed by atoms with Gasteiger partial charge in [0, 0.05) is 38.2 Å². The van der Waals surface area contributed by atoms with E-state index in [0.717, 1.165) is 23.1 Å². The molecule has 4 atom stereocenters. The molecule has 1 aliphatic carbocycles. The van der Waals surface area contributed by atoms with Crippen LogP contribution in [0.4, 0.5) is 0 Å². The van der Waals surface area contributed by atoms with Gasteiger partial charge in [0.15, 0.2) is 29.3 Å². The molecule has 8 nitrogen and oxygen atoms in total. The third-order valence-corrected chi connectivity index (χ3v) is 6.38. The first-order valence-electron chi connectivity index (χ1n) is 11.3. The van der Waals surface area contributed by atoms with Crippen molar-refractivity contribution in [2.75, 3.05) is 27.4 Å². The molecule has 0 spiro atoms. The van der Waals surface area contributed by atoms with E-state index in [9.17, 15) is 9.59 Å². The summed E-state index contributed by atoms with van der Waals surface area (Å²) in [5.41, 5.74) is 3.09. The van der Waals surface area contributed by atoms with Crippen molar-refractivity contribution < 1.29 is 38.0 Å². The Bertz CT molecular complexity index is 1080. The van der Waals surface area contributed by atoms with Crippen LogP contribution in [0.25, 0.3) is 0 Å². The summed E-state index contributed by atoms with van der Waals surface area (Å²) in [7, 11) is 3.09. The molecular weight excluding hydrogens is 440 g/mol. The maximum atomic E-state index is 11.7. The maximum absolute atomic E-state index is 11.7. The van der Waals surface area contributed by atoms with E-state index in [-0.39, 0.29) is 24.0 Å². The van der Waals surface area contributed by atoms with E-state index in [0.29, 0.717) is 36.2 Å². The van der Waals surface area contributed by atoms with Crippen molar-refractivity contribution in [3.63, 3.8) is 0 Å². The molecule has 0 saturated carbocycles. The van der Waals surface area contributed by atoms with Crippen LogP contribution in [0.5, 0.6) is 23.0 Å². The standard InChI is InChI=1S/C26H30O8/c1-6-31-26-19-9-17-11-23(30-5)24(34-15(3)28)12-18(17)25(20(19)13-32-26)16-7-8-21(33-14(2)27)22(10-16)29-4/h7-8,10-12,19-20,25-26H,6,9,13H2,1-5H3/t19-,20-,25-,26-/m0/s1. The molecule has 0 bridgehead atoms. The number of ether oxygens (including phenoxy) is 6. The van der Waals surface area contributed by atoms with Gasteiger partial charge in [0.05, 0.1) is 20.8 Å². The summed E-state index contributed by atoms with van der Waals surface area (Å²) < 4.78 is 33.8. The van der Waals surface area contributed by atoms with E-state index in [1.54, 1.807) is 13.2 Å². The summed E-state index contributed by atoms with van der Waals surface area (Å²) >= 11 is 0. The zero-order valence-corrected chi connectivity index (χ0v) is 20.1. The number of hydrogen-bond acceptors (Lipinski definition) is 8. The van der Waals surface area contributed by atoms with Crippen LogP contribution in [0.3, 0.4) is 0 Å². The minimum Gasteiger partial charge on any atom is -0.493 e. The lowest BCUT2D eigenvalue weighted by molar-refractivity contribution is -0.132. The minimum absolute atomic E-state index is 0.0836. The number of carbonyl (C=O) groups is 2. The molecule has 2 aromatic rings. The Morgan fingerprint density at radius 2 is 1.59 bits per heavy atom. The Morgan fingerprint density at radius 3 is 2.24 bits per heavy atom. The van der Waals surface area contributed by atoms with Crippen LogP contribution in [0.15, 0.2) is 30.3 Å². The largest absolute Gasteiger partial charge is 0.493 e. The van der Waals surface area contributed by atoms with Crippen LogP contribution >= 0.6 is 0 Å². The first-order valence-corrected chi connectivity index (χ1v) is 11.3.